The lowest BCUT2D eigenvalue weighted by atomic mass is 9.47. The van der Waals surface area contributed by atoms with E-state index in [0.717, 1.165) is 32.1 Å². The summed E-state index contributed by atoms with van der Waals surface area (Å²) in [6.45, 7) is 10.5. The molecular weight excluding hydrogens is 416 g/mol. The van der Waals surface area contributed by atoms with Crippen LogP contribution in [0.1, 0.15) is 66.7 Å². The van der Waals surface area contributed by atoms with Crippen molar-refractivity contribution in [2.45, 2.75) is 78.6 Å². The van der Waals surface area contributed by atoms with Crippen molar-refractivity contribution >= 4 is 17.5 Å². The van der Waals surface area contributed by atoms with E-state index in [1.807, 2.05) is 26.8 Å². The van der Waals surface area contributed by atoms with Gasteiger partial charge in [-0.2, -0.15) is 0 Å². The fraction of sp³-hybridized carbons (Fsp3) is 0.750. The highest BCUT2D eigenvalue weighted by Gasteiger charge is 2.70. The van der Waals surface area contributed by atoms with Gasteiger partial charge in [0.2, 0.25) is 5.78 Å². The van der Waals surface area contributed by atoms with Crippen molar-refractivity contribution in [1.29, 1.82) is 0 Å². The lowest BCUT2D eigenvalue weighted by Gasteiger charge is -2.57. The molecule has 11 atom stereocenters. The molecule has 5 heteroatoms. The Morgan fingerprint density at radius 2 is 1.76 bits per heavy atom. The van der Waals surface area contributed by atoms with Crippen molar-refractivity contribution in [3.63, 3.8) is 0 Å². The number of ether oxygens (including phenoxy) is 2. The van der Waals surface area contributed by atoms with E-state index in [9.17, 15) is 14.4 Å². The Labute approximate surface area is 196 Å². The Morgan fingerprint density at radius 1 is 1.00 bits per heavy atom. The van der Waals surface area contributed by atoms with Crippen LogP contribution in [0.2, 0.25) is 0 Å². The lowest BCUT2D eigenvalue weighted by molar-refractivity contribution is -0.266. The van der Waals surface area contributed by atoms with Crippen LogP contribution in [-0.2, 0) is 23.9 Å². The van der Waals surface area contributed by atoms with E-state index >= 15 is 0 Å². The Bertz CT molecular complexity index is 1010. The molecule has 0 aromatic carbocycles. The normalized spacial score (nSPS) is 54.9. The summed E-state index contributed by atoms with van der Waals surface area (Å²) in [5.41, 5.74) is 1.31. The SMILES string of the molecule is C[C@@H]1C(=O)[C@@]2(OC(=O)[C@H](C)[C@H]2C)O[C@H]2C[C@H]3[C@@H]4CCC5=CC(=O)C=C[C@]5(C)[C@H]4CC[C@]3(C)[C@H]21. The molecule has 1 spiro atoms. The Balaban J connectivity index is 1.35. The minimum atomic E-state index is -1.40. The van der Waals surface area contributed by atoms with Crippen molar-refractivity contribution in [2.24, 2.45) is 52.3 Å². The molecule has 5 nitrogen and oxygen atoms in total. The van der Waals surface area contributed by atoms with Gasteiger partial charge in [-0.15, -0.1) is 0 Å². The number of ketones is 2. The van der Waals surface area contributed by atoms with Crippen LogP contribution in [-0.4, -0.2) is 29.4 Å². The maximum atomic E-state index is 13.7. The first-order valence-electron chi connectivity index (χ1n) is 12.9. The first-order chi connectivity index (χ1) is 15.5. The van der Waals surface area contributed by atoms with Gasteiger partial charge < -0.3 is 9.47 Å². The van der Waals surface area contributed by atoms with Crippen LogP contribution in [0.15, 0.2) is 23.8 Å². The van der Waals surface area contributed by atoms with E-state index in [0.29, 0.717) is 17.8 Å². The van der Waals surface area contributed by atoms with E-state index in [-0.39, 0.29) is 58.1 Å². The molecule has 0 radical (unpaired) electrons. The smallest absolute Gasteiger partial charge is 0.312 e. The fourth-order valence-electron chi connectivity index (χ4n) is 9.28. The number of allylic oxidation sites excluding steroid dienone is 4. The zero-order valence-electron chi connectivity index (χ0n) is 20.4. The third-order valence-electron chi connectivity index (χ3n) is 11.2. The standard InChI is InChI=1S/C28H36O5/c1-14-16(3)28(33-25(14)31)24(30)15(2)23-22(32-28)13-21-19-7-6-17-12-18(29)8-10-26(17,4)20(19)9-11-27(21,23)5/h8,10,12,14-16,19-23H,6-7,9,11,13H2,1-5H3/t14-,15+,16-,19-,20+,21+,22+,23+,26+,27+,28-/m1/s1. The van der Waals surface area contributed by atoms with Gasteiger partial charge in [0, 0.05) is 23.2 Å². The number of hydrogen-bond donors (Lipinski definition) is 0. The number of carbonyl (C=O) groups is 3. The van der Waals surface area contributed by atoms with Crippen LogP contribution in [0.3, 0.4) is 0 Å². The molecule has 0 aromatic heterocycles. The maximum Gasteiger partial charge on any atom is 0.312 e. The van der Waals surface area contributed by atoms with Crippen molar-refractivity contribution < 1.29 is 23.9 Å². The van der Waals surface area contributed by atoms with Gasteiger partial charge in [-0.25, -0.2) is 0 Å². The molecule has 6 rings (SSSR count). The average Bonchev–Trinajstić information content (AvgIpc) is 3.18. The second-order valence-electron chi connectivity index (χ2n) is 12.4. The highest BCUT2D eigenvalue weighted by Crippen LogP contribution is 2.69. The van der Waals surface area contributed by atoms with Gasteiger partial charge in [0.05, 0.1) is 12.0 Å². The molecule has 0 aromatic rings. The Morgan fingerprint density at radius 3 is 2.45 bits per heavy atom. The number of Topliss-reactive ketones (excluding diaryl/α,β-unsaturated/α-hetero) is 1. The molecule has 0 N–H and O–H groups in total. The first-order valence-corrected chi connectivity index (χ1v) is 12.9. The van der Waals surface area contributed by atoms with Crippen molar-refractivity contribution in [3.05, 3.63) is 23.8 Å². The van der Waals surface area contributed by atoms with Crippen molar-refractivity contribution in [1.82, 2.24) is 0 Å². The molecule has 178 valence electrons. The van der Waals surface area contributed by atoms with Crippen LogP contribution in [0.25, 0.3) is 0 Å². The van der Waals surface area contributed by atoms with Crippen LogP contribution in [0, 0.1) is 52.3 Å². The zero-order valence-corrected chi connectivity index (χ0v) is 20.4. The van der Waals surface area contributed by atoms with E-state index in [1.165, 1.54) is 5.57 Å². The van der Waals surface area contributed by atoms with Crippen LogP contribution in [0.4, 0.5) is 0 Å². The third kappa shape index (κ3) is 2.55. The zero-order chi connectivity index (χ0) is 23.5. The molecule has 2 heterocycles. The molecule has 33 heavy (non-hydrogen) atoms. The summed E-state index contributed by atoms with van der Waals surface area (Å²) in [5, 5.41) is 0. The topological polar surface area (TPSA) is 69.7 Å². The second-order valence-corrected chi connectivity index (χ2v) is 12.4. The summed E-state index contributed by atoms with van der Waals surface area (Å²) >= 11 is 0. The van der Waals surface area contributed by atoms with Gasteiger partial charge in [-0.3, -0.25) is 14.4 Å². The molecule has 6 aliphatic rings. The van der Waals surface area contributed by atoms with Gasteiger partial charge in [-0.05, 0) is 67.4 Å². The third-order valence-corrected chi connectivity index (χ3v) is 11.2. The fourth-order valence-corrected chi connectivity index (χ4v) is 9.28. The summed E-state index contributed by atoms with van der Waals surface area (Å²) in [5.74, 6) is -0.702. The number of fused-ring (bicyclic) bond motifs is 7. The summed E-state index contributed by atoms with van der Waals surface area (Å²) in [7, 11) is 0. The Hall–Kier alpha value is -1.75. The Kier molecular flexibility index (Phi) is 4.40. The molecule has 0 bridgehead atoms. The van der Waals surface area contributed by atoms with E-state index in [2.05, 4.69) is 19.9 Å². The molecule has 3 saturated carbocycles. The highest BCUT2D eigenvalue weighted by atomic mass is 16.7. The quantitative estimate of drug-likeness (QED) is 0.501. The van der Waals surface area contributed by atoms with Gasteiger partial charge >= 0.3 is 5.97 Å². The lowest BCUT2D eigenvalue weighted by Crippen LogP contribution is -2.60. The molecule has 0 amide bonds. The van der Waals surface area contributed by atoms with Gasteiger partial charge in [0.15, 0.2) is 5.78 Å². The van der Waals surface area contributed by atoms with Crippen LogP contribution in [0.5, 0.6) is 0 Å². The minimum Gasteiger partial charge on any atom is -0.425 e. The van der Waals surface area contributed by atoms with E-state index in [1.54, 1.807) is 6.08 Å². The largest absolute Gasteiger partial charge is 0.425 e. The molecule has 2 saturated heterocycles. The van der Waals surface area contributed by atoms with Crippen molar-refractivity contribution in [2.75, 3.05) is 0 Å². The number of esters is 1. The molecule has 4 aliphatic carbocycles. The molecule has 2 aliphatic heterocycles. The highest BCUT2D eigenvalue weighted by molar-refractivity contribution is 6.01. The van der Waals surface area contributed by atoms with Gasteiger partial charge in [0.1, 0.15) is 0 Å². The maximum absolute atomic E-state index is 13.7. The predicted molar refractivity (Wildman–Crippen MR) is 122 cm³/mol. The average molecular weight is 453 g/mol. The minimum absolute atomic E-state index is 0.0347. The molecular formula is C28H36O5. The predicted octanol–water partition coefficient (Wildman–Crippen LogP) is 4.65. The summed E-state index contributed by atoms with van der Waals surface area (Å²) in [6, 6.07) is 0. The van der Waals surface area contributed by atoms with Gasteiger partial charge in [0.25, 0.3) is 5.79 Å². The molecule has 5 fully saturated rings. The van der Waals surface area contributed by atoms with E-state index < -0.39 is 5.79 Å². The van der Waals surface area contributed by atoms with Crippen molar-refractivity contribution in [3.8, 4) is 0 Å². The van der Waals surface area contributed by atoms with E-state index in [4.69, 9.17) is 9.47 Å². The second kappa shape index (κ2) is 6.68. The summed E-state index contributed by atoms with van der Waals surface area (Å²) in [4.78, 5) is 38.2. The van der Waals surface area contributed by atoms with Crippen LogP contribution < -0.4 is 0 Å². The number of carbonyl (C=O) groups excluding carboxylic acids is 3. The molecule has 0 unspecified atom stereocenters. The van der Waals surface area contributed by atoms with Gasteiger partial charge in [-0.1, -0.05) is 46.3 Å². The first kappa shape index (κ1) is 21.8. The summed E-state index contributed by atoms with van der Waals surface area (Å²) in [6.07, 6.45) is 10.9. The number of rotatable bonds is 0. The van der Waals surface area contributed by atoms with Crippen LogP contribution >= 0.6 is 0 Å². The summed E-state index contributed by atoms with van der Waals surface area (Å²) < 4.78 is 12.4. The monoisotopic (exact) mass is 452 g/mol. The number of hydrogen-bond acceptors (Lipinski definition) is 5.